The smallest absolute Gasteiger partial charge is 0.145 e. The van der Waals surface area contributed by atoms with Gasteiger partial charge in [-0.1, -0.05) is 51.9 Å². The van der Waals surface area contributed by atoms with Crippen molar-refractivity contribution in [3.05, 3.63) is 29.3 Å². The van der Waals surface area contributed by atoms with Crippen molar-refractivity contribution in [3.8, 4) is 5.75 Å². The standard InChI is InChI=1S/C16H26N2O2/c1-6-12-7-8-14(13(9-12)16(3,4)5)20-10-11(2)15(17)18-19/h7-9,11,19H,6,10H2,1-5H3,(H2,17,18). The molecule has 0 aliphatic carbocycles. The van der Waals surface area contributed by atoms with E-state index < -0.39 is 0 Å². The van der Waals surface area contributed by atoms with E-state index in [0.717, 1.165) is 12.2 Å². The number of amidine groups is 1. The molecule has 20 heavy (non-hydrogen) atoms. The molecule has 1 aromatic carbocycles. The molecule has 0 aromatic heterocycles. The first-order chi connectivity index (χ1) is 9.29. The highest BCUT2D eigenvalue weighted by Gasteiger charge is 2.20. The van der Waals surface area contributed by atoms with Gasteiger partial charge in [0.15, 0.2) is 0 Å². The molecule has 1 unspecified atom stereocenters. The lowest BCUT2D eigenvalue weighted by Crippen LogP contribution is -2.27. The fourth-order valence-electron chi connectivity index (χ4n) is 1.91. The zero-order chi connectivity index (χ0) is 15.3. The van der Waals surface area contributed by atoms with Gasteiger partial charge in [0.25, 0.3) is 0 Å². The molecule has 4 heteroatoms. The first-order valence-electron chi connectivity index (χ1n) is 7.03. The highest BCUT2D eigenvalue weighted by molar-refractivity contribution is 5.81. The van der Waals surface area contributed by atoms with Crippen molar-refractivity contribution in [3.63, 3.8) is 0 Å². The summed E-state index contributed by atoms with van der Waals surface area (Å²) in [5.74, 6) is 0.929. The monoisotopic (exact) mass is 278 g/mol. The van der Waals surface area contributed by atoms with Crippen LogP contribution in [0.15, 0.2) is 23.4 Å². The Morgan fingerprint density at radius 1 is 1.40 bits per heavy atom. The summed E-state index contributed by atoms with van der Waals surface area (Å²) in [6.45, 7) is 10.9. The molecule has 0 spiro atoms. The van der Waals surface area contributed by atoms with Gasteiger partial charge in [0.2, 0.25) is 0 Å². The van der Waals surface area contributed by atoms with Crippen molar-refractivity contribution < 1.29 is 9.94 Å². The predicted molar refractivity (Wildman–Crippen MR) is 82.6 cm³/mol. The lowest BCUT2D eigenvalue weighted by Gasteiger charge is -2.24. The van der Waals surface area contributed by atoms with Crippen molar-refractivity contribution >= 4 is 5.84 Å². The van der Waals surface area contributed by atoms with Crippen LogP contribution in [0.4, 0.5) is 0 Å². The van der Waals surface area contributed by atoms with E-state index in [1.807, 2.05) is 13.0 Å². The number of ether oxygens (including phenoxy) is 1. The minimum Gasteiger partial charge on any atom is -0.493 e. The van der Waals surface area contributed by atoms with Crippen LogP contribution >= 0.6 is 0 Å². The van der Waals surface area contributed by atoms with Gasteiger partial charge in [0.1, 0.15) is 11.6 Å². The molecule has 3 N–H and O–H groups in total. The number of hydrogen-bond acceptors (Lipinski definition) is 3. The fourth-order valence-corrected chi connectivity index (χ4v) is 1.91. The van der Waals surface area contributed by atoms with E-state index in [1.54, 1.807) is 0 Å². The minimum absolute atomic E-state index is 0.0142. The Labute approximate surface area is 121 Å². The van der Waals surface area contributed by atoms with Gasteiger partial charge in [0, 0.05) is 0 Å². The van der Waals surface area contributed by atoms with E-state index in [4.69, 9.17) is 15.7 Å². The van der Waals surface area contributed by atoms with Gasteiger partial charge in [-0.25, -0.2) is 0 Å². The maximum Gasteiger partial charge on any atom is 0.145 e. The van der Waals surface area contributed by atoms with Gasteiger partial charge in [-0.3, -0.25) is 0 Å². The largest absolute Gasteiger partial charge is 0.493 e. The molecule has 4 nitrogen and oxygen atoms in total. The summed E-state index contributed by atoms with van der Waals surface area (Å²) in [4.78, 5) is 0. The summed E-state index contributed by atoms with van der Waals surface area (Å²) in [5, 5.41) is 11.7. The van der Waals surface area contributed by atoms with Gasteiger partial charge in [0.05, 0.1) is 12.5 Å². The molecule has 0 saturated heterocycles. The van der Waals surface area contributed by atoms with Crippen LogP contribution in [0.1, 0.15) is 45.7 Å². The Morgan fingerprint density at radius 2 is 2.05 bits per heavy atom. The quantitative estimate of drug-likeness (QED) is 0.376. The van der Waals surface area contributed by atoms with E-state index in [9.17, 15) is 0 Å². The maximum atomic E-state index is 8.66. The van der Waals surface area contributed by atoms with Crippen LogP contribution < -0.4 is 10.5 Å². The summed E-state index contributed by atoms with van der Waals surface area (Å²) in [7, 11) is 0. The number of aryl methyl sites for hydroxylation is 1. The molecular formula is C16H26N2O2. The van der Waals surface area contributed by atoms with E-state index in [0.29, 0.717) is 6.61 Å². The Bertz CT molecular complexity index is 476. The highest BCUT2D eigenvalue weighted by Crippen LogP contribution is 2.32. The predicted octanol–water partition coefficient (Wildman–Crippen LogP) is 3.31. The maximum absolute atomic E-state index is 8.66. The normalized spacial score (nSPS) is 14.2. The number of rotatable bonds is 5. The number of nitrogens with two attached hydrogens (primary N) is 1. The van der Waals surface area contributed by atoms with E-state index >= 15 is 0 Å². The van der Waals surface area contributed by atoms with Crippen LogP contribution in [0, 0.1) is 5.92 Å². The first-order valence-corrected chi connectivity index (χ1v) is 7.03. The Balaban J connectivity index is 2.95. The van der Waals surface area contributed by atoms with Crippen LogP contribution in [-0.4, -0.2) is 17.6 Å². The molecule has 0 aliphatic heterocycles. The van der Waals surface area contributed by atoms with Gasteiger partial charge < -0.3 is 15.7 Å². The molecule has 112 valence electrons. The molecule has 0 radical (unpaired) electrons. The van der Waals surface area contributed by atoms with Crippen LogP contribution in [-0.2, 0) is 11.8 Å². The summed E-state index contributed by atoms with van der Waals surface area (Å²) in [6.07, 6.45) is 1.00. The molecule has 1 rings (SSSR count). The van der Waals surface area contributed by atoms with Gasteiger partial charge in [-0.05, 0) is 29.0 Å². The molecule has 1 atom stereocenters. The zero-order valence-corrected chi connectivity index (χ0v) is 13.1. The Hall–Kier alpha value is -1.71. The van der Waals surface area contributed by atoms with Crippen molar-refractivity contribution in [1.29, 1.82) is 0 Å². The summed E-state index contributed by atoms with van der Waals surface area (Å²) < 4.78 is 5.88. The third-order valence-corrected chi connectivity index (χ3v) is 3.37. The van der Waals surface area contributed by atoms with E-state index in [-0.39, 0.29) is 17.2 Å². The van der Waals surface area contributed by atoms with Crippen LogP contribution in [0.5, 0.6) is 5.75 Å². The Morgan fingerprint density at radius 3 is 2.55 bits per heavy atom. The second kappa shape index (κ2) is 6.64. The molecular weight excluding hydrogens is 252 g/mol. The van der Waals surface area contributed by atoms with Crippen LogP contribution in [0.3, 0.4) is 0 Å². The summed E-state index contributed by atoms with van der Waals surface area (Å²) >= 11 is 0. The average molecular weight is 278 g/mol. The molecule has 0 amide bonds. The van der Waals surface area contributed by atoms with Crippen molar-refractivity contribution in [2.24, 2.45) is 16.8 Å². The van der Waals surface area contributed by atoms with Gasteiger partial charge in [-0.15, -0.1) is 0 Å². The van der Waals surface area contributed by atoms with Gasteiger partial charge >= 0.3 is 0 Å². The Kier molecular flexibility index (Phi) is 5.43. The van der Waals surface area contributed by atoms with E-state index in [2.05, 4.69) is 45.0 Å². The highest BCUT2D eigenvalue weighted by atomic mass is 16.5. The number of benzene rings is 1. The SMILES string of the molecule is CCc1ccc(OCC(C)/C(N)=N/O)c(C(C)(C)C)c1. The van der Waals surface area contributed by atoms with E-state index in [1.165, 1.54) is 11.1 Å². The molecule has 0 fully saturated rings. The first kappa shape index (κ1) is 16.3. The molecule has 0 saturated carbocycles. The molecule has 0 aliphatic rings. The molecule has 1 aromatic rings. The second-order valence-corrected chi connectivity index (χ2v) is 6.17. The van der Waals surface area contributed by atoms with Crippen molar-refractivity contribution in [1.82, 2.24) is 0 Å². The third-order valence-electron chi connectivity index (χ3n) is 3.37. The minimum atomic E-state index is -0.126. The third kappa shape index (κ3) is 4.15. The second-order valence-electron chi connectivity index (χ2n) is 6.17. The van der Waals surface area contributed by atoms with Crippen molar-refractivity contribution in [2.75, 3.05) is 6.61 Å². The number of hydrogen-bond donors (Lipinski definition) is 2. The van der Waals surface area contributed by atoms with Crippen LogP contribution in [0.2, 0.25) is 0 Å². The number of nitrogens with zero attached hydrogens (tertiary/aromatic N) is 1. The molecule has 0 heterocycles. The summed E-state index contributed by atoms with van der Waals surface area (Å²) in [5.41, 5.74) is 8.07. The lowest BCUT2D eigenvalue weighted by atomic mass is 9.85. The molecule has 0 bridgehead atoms. The van der Waals surface area contributed by atoms with Crippen molar-refractivity contribution in [2.45, 2.75) is 46.5 Å². The average Bonchev–Trinajstić information content (AvgIpc) is 2.42. The fraction of sp³-hybridized carbons (Fsp3) is 0.562. The summed E-state index contributed by atoms with van der Waals surface area (Å²) in [6, 6.07) is 6.29. The zero-order valence-electron chi connectivity index (χ0n) is 13.1. The van der Waals surface area contributed by atoms with Gasteiger partial charge in [-0.2, -0.15) is 0 Å². The lowest BCUT2D eigenvalue weighted by molar-refractivity contribution is 0.274. The topological polar surface area (TPSA) is 67.8 Å². The van der Waals surface area contributed by atoms with Crippen LogP contribution in [0.25, 0.3) is 0 Å². The number of oxime groups is 1.